The monoisotopic (exact) mass is 372 g/mol. The van der Waals surface area contributed by atoms with Crippen molar-refractivity contribution in [2.75, 3.05) is 7.11 Å². The second-order valence-corrected chi connectivity index (χ2v) is 6.61. The molecule has 0 saturated heterocycles. The SMILES string of the molecule is COc1cc(OCc2ccccc2)c2c(=O)cc(-c3ccc(C)cc3)oc2c1. The highest BCUT2D eigenvalue weighted by Gasteiger charge is 2.14. The van der Waals surface area contributed by atoms with E-state index in [-0.39, 0.29) is 5.43 Å². The van der Waals surface area contributed by atoms with Gasteiger partial charge in [-0.1, -0.05) is 60.2 Å². The van der Waals surface area contributed by atoms with Crippen LogP contribution in [-0.4, -0.2) is 7.11 Å². The van der Waals surface area contributed by atoms with Gasteiger partial charge in [0.25, 0.3) is 0 Å². The highest BCUT2D eigenvalue weighted by molar-refractivity contribution is 5.86. The second kappa shape index (κ2) is 7.61. The smallest absolute Gasteiger partial charge is 0.197 e. The molecule has 0 unspecified atom stereocenters. The zero-order valence-corrected chi connectivity index (χ0v) is 15.8. The molecule has 0 atom stereocenters. The summed E-state index contributed by atoms with van der Waals surface area (Å²) in [6, 6.07) is 22.6. The summed E-state index contributed by atoms with van der Waals surface area (Å²) in [6.07, 6.45) is 0. The molecule has 0 aliphatic rings. The molecule has 0 spiro atoms. The van der Waals surface area contributed by atoms with Crippen molar-refractivity contribution < 1.29 is 13.9 Å². The Morgan fingerprint density at radius 1 is 0.929 bits per heavy atom. The van der Waals surface area contributed by atoms with E-state index in [1.165, 1.54) is 6.07 Å². The standard InChI is InChI=1S/C24H20O4/c1-16-8-10-18(11-9-16)21-14-20(25)24-22(12-19(26-2)13-23(24)28-21)27-15-17-6-4-3-5-7-17/h3-14H,15H2,1-2H3. The van der Waals surface area contributed by atoms with Crippen LogP contribution in [0.25, 0.3) is 22.3 Å². The van der Waals surface area contributed by atoms with Crippen LogP contribution in [0.3, 0.4) is 0 Å². The summed E-state index contributed by atoms with van der Waals surface area (Å²) in [6.45, 7) is 2.36. The van der Waals surface area contributed by atoms with Crippen molar-refractivity contribution in [3.63, 3.8) is 0 Å². The zero-order chi connectivity index (χ0) is 19.5. The molecule has 3 aromatic carbocycles. The van der Waals surface area contributed by atoms with E-state index in [0.29, 0.717) is 34.8 Å². The molecule has 0 aliphatic carbocycles. The van der Waals surface area contributed by atoms with E-state index in [2.05, 4.69) is 0 Å². The third kappa shape index (κ3) is 3.62. The molecule has 4 rings (SSSR count). The number of methoxy groups -OCH3 is 1. The predicted octanol–water partition coefficient (Wildman–Crippen LogP) is 5.36. The molecular formula is C24H20O4. The van der Waals surface area contributed by atoms with Gasteiger partial charge in [0.2, 0.25) is 0 Å². The third-order valence-corrected chi connectivity index (χ3v) is 4.58. The minimum Gasteiger partial charge on any atom is -0.496 e. The van der Waals surface area contributed by atoms with Crippen molar-refractivity contribution in [2.24, 2.45) is 0 Å². The summed E-state index contributed by atoms with van der Waals surface area (Å²) in [5.74, 6) is 1.53. The summed E-state index contributed by atoms with van der Waals surface area (Å²) in [5.41, 5.74) is 3.29. The van der Waals surface area contributed by atoms with Crippen LogP contribution in [0.5, 0.6) is 11.5 Å². The molecule has 0 N–H and O–H groups in total. The first-order valence-corrected chi connectivity index (χ1v) is 9.04. The number of hydrogen-bond acceptors (Lipinski definition) is 4. The normalized spacial score (nSPS) is 10.8. The van der Waals surface area contributed by atoms with E-state index in [4.69, 9.17) is 13.9 Å². The fourth-order valence-corrected chi connectivity index (χ4v) is 3.06. The maximum absolute atomic E-state index is 12.9. The average Bonchev–Trinajstić information content (AvgIpc) is 2.72. The minimum absolute atomic E-state index is 0.150. The Kier molecular flexibility index (Phi) is 4.85. The molecule has 0 radical (unpaired) electrons. The maximum Gasteiger partial charge on any atom is 0.197 e. The van der Waals surface area contributed by atoms with Crippen LogP contribution in [0.2, 0.25) is 0 Å². The van der Waals surface area contributed by atoms with Crippen LogP contribution < -0.4 is 14.9 Å². The van der Waals surface area contributed by atoms with E-state index in [0.717, 1.165) is 16.7 Å². The molecule has 1 heterocycles. The first kappa shape index (κ1) is 17.9. The molecule has 28 heavy (non-hydrogen) atoms. The lowest BCUT2D eigenvalue weighted by atomic mass is 10.1. The van der Waals surface area contributed by atoms with Gasteiger partial charge in [-0.25, -0.2) is 0 Å². The minimum atomic E-state index is -0.150. The topological polar surface area (TPSA) is 48.7 Å². The van der Waals surface area contributed by atoms with Gasteiger partial charge in [-0.2, -0.15) is 0 Å². The average molecular weight is 372 g/mol. The van der Waals surface area contributed by atoms with Crippen LogP contribution in [0, 0.1) is 6.92 Å². The summed E-state index contributed by atoms with van der Waals surface area (Å²) in [5, 5.41) is 0.410. The van der Waals surface area contributed by atoms with E-state index in [1.807, 2.05) is 61.5 Å². The number of benzene rings is 3. The van der Waals surface area contributed by atoms with Crippen molar-refractivity contribution in [3.05, 3.63) is 94.1 Å². The molecule has 140 valence electrons. The molecule has 0 aliphatic heterocycles. The largest absolute Gasteiger partial charge is 0.496 e. The van der Waals surface area contributed by atoms with Gasteiger partial charge in [0.1, 0.15) is 34.8 Å². The Morgan fingerprint density at radius 3 is 2.39 bits per heavy atom. The maximum atomic E-state index is 12.9. The molecule has 1 aromatic heterocycles. The molecule has 0 saturated carbocycles. The van der Waals surface area contributed by atoms with Gasteiger partial charge < -0.3 is 13.9 Å². The fourth-order valence-electron chi connectivity index (χ4n) is 3.06. The Labute approximate surface area is 163 Å². The van der Waals surface area contributed by atoms with Gasteiger partial charge in [-0.3, -0.25) is 4.79 Å². The third-order valence-electron chi connectivity index (χ3n) is 4.58. The van der Waals surface area contributed by atoms with Gasteiger partial charge in [-0.15, -0.1) is 0 Å². The summed E-state index contributed by atoms with van der Waals surface area (Å²) in [4.78, 5) is 12.9. The van der Waals surface area contributed by atoms with E-state index >= 15 is 0 Å². The van der Waals surface area contributed by atoms with Gasteiger partial charge in [0.05, 0.1) is 7.11 Å². The molecule has 0 bridgehead atoms. The van der Waals surface area contributed by atoms with Gasteiger partial charge in [0, 0.05) is 23.8 Å². The van der Waals surface area contributed by atoms with Crippen LogP contribution in [-0.2, 0) is 6.61 Å². The lowest BCUT2D eigenvalue weighted by molar-refractivity contribution is 0.307. The lowest BCUT2D eigenvalue weighted by Crippen LogP contribution is -2.05. The first-order valence-electron chi connectivity index (χ1n) is 9.04. The Bertz CT molecular complexity index is 1160. The number of hydrogen-bond donors (Lipinski definition) is 0. The van der Waals surface area contributed by atoms with Crippen molar-refractivity contribution in [3.8, 4) is 22.8 Å². The number of aryl methyl sites for hydroxylation is 1. The number of rotatable bonds is 5. The van der Waals surface area contributed by atoms with Gasteiger partial charge in [-0.05, 0) is 12.5 Å². The lowest BCUT2D eigenvalue weighted by Gasteiger charge is -2.12. The van der Waals surface area contributed by atoms with E-state index < -0.39 is 0 Å². The molecular weight excluding hydrogens is 352 g/mol. The Hall–Kier alpha value is -3.53. The summed E-state index contributed by atoms with van der Waals surface area (Å²) >= 11 is 0. The van der Waals surface area contributed by atoms with Gasteiger partial charge in [0.15, 0.2) is 5.43 Å². The first-order chi connectivity index (χ1) is 13.6. The van der Waals surface area contributed by atoms with E-state index in [9.17, 15) is 4.79 Å². The molecule has 4 nitrogen and oxygen atoms in total. The summed E-state index contributed by atoms with van der Waals surface area (Å²) in [7, 11) is 1.57. The Balaban J connectivity index is 1.79. The summed E-state index contributed by atoms with van der Waals surface area (Å²) < 4.78 is 17.4. The quantitative estimate of drug-likeness (QED) is 0.473. The predicted molar refractivity (Wildman–Crippen MR) is 110 cm³/mol. The van der Waals surface area contributed by atoms with Crippen LogP contribution in [0.1, 0.15) is 11.1 Å². The Morgan fingerprint density at radius 2 is 1.68 bits per heavy atom. The number of fused-ring (bicyclic) bond motifs is 1. The molecule has 4 heteroatoms. The molecule has 4 aromatic rings. The number of ether oxygens (including phenoxy) is 2. The highest BCUT2D eigenvalue weighted by Crippen LogP contribution is 2.32. The van der Waals surface area contributed by atoms with E-state index in [1.54, 1.807) is 19.2 Å². The van der Waals surface area contributed by atoms with Crippen molar-refractivity contribution in [1.29, 1.82) is 0 Å². The molecule has 0 fully saturated rings. The van der Waals surface area contributed by atoms with Gasteiger partial charge >= 0.3 is 0 Å². The second-order valence-electron chi connectivity index (χ2n) is 6.61. The van der Waals surface area contributed by atoms with Crippen LogP contribution >= 0.6 is 0 Å². The highest BCUT2D eigenvalue weighted by atomic mass is 16.5. The van der Waals surface area contributed by atoms with Crippen molar-refractivity contribution in [2.45, 2.75) is 13.5 Å². The van der Waals surface area contributed by atoms with Crippen LogP contribution in [0.4, 0.5) is 0 Å². The fraction of sp³-hybridized carbons (Fsp3) is 0.125. The van der Waals surface area contributed by atoms with Crippen molar-refractivity contribution in [1.82, 2.24) is 0 Å². The van der Waals surface area contributed by atoms with Crippen molar-refractivity contribution >= 4 is 11.0 Å². The van der Waals surface area contributed by atoms with Crippen LogP contribution in [0.15, 0.2) is 82.0 Å². The zero-order valence-electron chi connectivity index (χ0n) is 15.8. The molecule has 0 amide bonds.